The Balaban J connectivity index is 1.87. The molecule has 0 spiro atoms. The number of aromatic nitrogens is 3. The third-order valence-corrected chi connectivity index (χ3v) is 5.44. The van der Waals surface area contributed by atoms with Gasteiger partial charge in [0.1, 0.15) is 11.5 Å². The maximum absolute atomic E-state index is 11.6. The average Bonchev–Trinajstić information content (AvgIpc) is 3.19. The summed E-state index contributed by atoms with van der Waals surface area (Å²) in [6.07, 6.45) is 0. The summed E-state index contributed by atoms with van der Waals surface area (Å²) < 4.78 is 29.8. The number of aromatic hydroxyl groups is 1. The third kappa shape index (κ3) is 3.76. The molecule has 0 aliphatic heterocycles. The number of hydrogen-bond donors (Lipinski definition) is 2. The SMILES string of the molecule is COc1ccc(-c2nc(-c3ccccc3O)n(-c3ccc(S(N)(=O)=O)cc3)n2)cc1. The Morgan fingerprint density at radius 2 is 1.63 bits per heavy atom. The van der Waals surface area contributed by atoms with Crippen molar-refractivity contribution in [3.63, 3.8) is 0 Å². The molecule has 0 atom stereocenters. The van der Waals surface area contributed by atoms with Crippen molar-refractivity contribution in [1.82, 2.24) is 14.8 Å². The van der Waals surface area contributed by atoms with E-state index < -0.39 is 10.0 Å². The highest BCUT2D eigenvalue weighted by Crippen LogP contribution is 2.31. The normalized spacial score (nSPS) is 11.4. The lowest BCUT2D eigenvalue weighted by molar-refractivity contribution is 0.415. The number of benzene rings is 3. The standard InChI is InChI=1S/C21H18N4O4S/c1-29-16-10-6-14(7-11-16)20-23-21(18-4-2-3-5-19(18)26)25(24-20)15-8-12-17(13-9-15)30(22,27)28/h2-13,26H,1H3,(H2,22,27,28). The number of phenols is 1. The Morgan fingerprint density at radius 1 is 0.967 bits per heavy atom. The van der Waals surface area contributed by atoms with Crippen LogP contribution in [0.3, 0.4) is 0 Å². The van der Waals surface area contributed by atoms with Crippen LogP contribution >= 0.6 is 0 Å². The second kappa shape index (κ2) is 7.62. The fourth-order valence-corrected chi connectivity index (χ4v) is 3.48. The lowest BCUT2D eigenvalue weighted by Crippen LogP contribution is -2.12. The van der Waals surface area contributed by atoms with Crippen molar-refractivity contribution in [1.29, 1.82) is 0 Å². The number of phenolic OH excluding ortho intramolecular Hbond substituents is 1. The maximum Gasteiger partial charge on any atom is 0.238 e. The molecule has 9 heteroatoms. The van der Waals surface area contributed by atoms with Gasteiger partial charge in [0, 0.05) is 5.56 Å². The Morgan fingerprint density at radius 3 is 2.23 bits per heavy atom. The van der Waals surface area contributed by atoms with Gasteiger partial charge in [-0.2, -0.15) is 0 Å². The Kier molecular flexibility index (Phi) is 4.98. The second-order valence-corrected chi connectivity index (χ2v) is 8.02. The molecule has 0 bridgehead atoms. The van der Waals surface area contributed by atoms with Crippen LogP contribution in [0.1, 0.15) is 0 Å². The highest BCUT2D eigenvalue weighted by molar-refractivity contribution is 7.89. The molecule has 0 unspecified atom stereocenters. The number of rotatable bonds is 5. The summed E-state index contributed by atoms with van der Waals surface area (Å²) in [4.78, 5) is 4.61. The first-order valence-corrected chi connectivity index (χ1v) is 10.4. The summed E-state index contributed by atoms with van der Waals surface area (Å²) in [7, 11) is -2.23. The van der Waals surface area contributed by atoms with E-state index in [9.17, 15) is 13.5 Å². The van der Waals surface area contributed by atoms with E-state index in [4.69, 9.17) is 9.88 Å². The van der Waals surface area contributed by atoms with Crippen LogP contribution in [0.2, 0.25) is 0 Å². The number of ether oxygens (including phenoxy) is 1. The number of para-hydroxylation sites is 1. The van der Waals surface area contributed by atoms with Gasteiger partial charge >= 0.3 is 0 Å². The molecule has 0 saturated carbocycles. The zero-order valence-corrected chi connectivity index (χ0v) is 16.7. The summed E-state index contributed by atoms with van der Waals surface area (Å²) >= 11 is 0. The molecule has 0 fully saturated rings. The van der Waals surface area contributed by atoms with Crippen molar-refractivity contribution in [2.75, 3.05) is 7.11 Å². The van der Waals surface area contributed by atoms with Crippen LogP contribution in [-0.4, -0.2) is 35.4 Å². The molecule has 8 nitrogen and oxygen atoms in total. The van der Waals surface area contributed by atoms with Gasteiger partial charge in [-0.1, -0.05) is 12.1 Å². The number of nitrogens with zero attached hydrogens (tertiary/aromatic N) is 3. The summed E-state index contributed by atoms with van der Waals surface area (Å²) in [6.45, 7) is 0. The van der Waals surface area contributed by atoms with Gasteiger partial charge < -0.3 is 9.84 Å². The predicted octanol–water partition coefficient (Wildman–Crippen LogP) is 2.96. The molecule has 4 rings (SSSR count). The minimum atomic E-state index is -3.81. The van der Waals surface area contributed by atoms with E-state index in [2.05, 4.69) is 10.1 Å². The van der Waals surface area contributed by atoms with E-state index in [-0.39, 0.29) is 10.6 Å². The zero-order valence-electron chi connectivity index (χ0n) is 15.9. The lowest BCUT2D eigenvalue weighted by atomic mass is 10.2. The van der Waals surface area contributed by atoms with Gasteiger partial charge in [0.25, 0.3) is 0 Å². The van der Waals surface area contributed by atoms with Gasteiger partial charge in [-0.05, 0) is 60.7 Å². The molecule has 0 radical (unpaired) electrons. The molecular formula is C21H18N4O4S. The van der Waals surface area contributed by atoms with E-state index in [0.29, 0.717) is 28.6 Å². The van der Waals surface area contributed by atoms with Crippen LogP contribution in [-0.2, 0) is 10.0 Å². The molecule has 0 amide bonds. The van der Waals surface area contributed by atoms with Gasteiger partial charge in [0.2, 0.25) is 10.0 Å². The van der Waals surface area contributed by atoms with Crippen molar-refractivity contribution >= 4 is 10.0 Å². The fourth-order valence-electron chi connectivity index (χ4n) is 2.97. The number of hydrogen-bond acceptors (Lipinski definition) is 6. The second-order valence-electron chi connectivity index (χ2n) is 6.46. The summed E-state index contributed by atoms with van der Waals surface area (Å²) in [5.74, 6) is 1.60. The van der Waals surface area contributed by atoms with Crippen LogP contribution in [0.25, 0.3) is 28.5 Å². The molecule has 0 aliphatic carbocycles. The quantitative estimate of drug-likeness (QED) is 0.510. The maximum atomic E-state index is 11.6. The summed E-state index contributed by atoms with van der Waals surface area (Å²) in [6, 6.07) is 20.0. The minimum Gasteiger partial charge on any atom is -0.507 e. The van der Waals surface area contributed by atoms with Gasteiger partial charge in [-0.25, -0.2) is 23.2 Å². The van der Waals surface area contributed by atoms with Crippen LogP contribution in [0, 0.1) is 0 Å². The van der Waals surface area contributed by atoms with Crippen LogP contribution < -0.4 is 9.88 Å². The van der Waals surface area contributed by atoms with E-state index in [1.807, 2.05) is 12.1 Å². The van der Waals surface area contributed by atoms with Crippen molar-refractivity contribution < 1.29 is 18.3 Å². The number of sulfonamides is 1. The smallest absolute Gasteiger partial charge is 0.238 e. The van der Waals surface area contributed by atoms with E-state index in [0.717, 1.165) is 5.56 Å². The van der Waals surface area contributed by atoms with E-state index >= 15 is 0 Å². The highest BCUT2D eigenvalue weighted by Gasteiger charge is 2.18. The zero-order chi connectivity index (χ0) is 21.3. The molecule has 152 valence electrons. The topological polar surface area (TPSA) is 120 Å². The van der Waals surface area contributed by atoms with Crippen molar-refractivity contribution in [2.45, 2.75) is 4.90 Å². The van der Waals surface area contributed by atoms with Gasteiger partial charge in [-0.15, -0.1) is 5.10 Å². The van der Waals surface area contributed by atoms with Crippen LogP contribution in [0.15, 0.2) is 77.7 Å². The minimum absolute atomic E-state index is 0.00847. The molecule has 4 aromatic rings. The van der Waals surface area contributed by atoms with E-state index in [1.165, 1.54) is 12.1 Å². The Bertz CT molecular complexity index is 1300. The summed E-state index contributed by atoms with van der Waals surface area (Å²) in [5, 5.41) is 20.1. The average molecular weight is 422 g/mol. The number of methoxy groups -OCH3 is 1. The first-order chi connectivity index (χ1) is 14.4. The molecule has 1 aromatic heterocycles. The molecule has 3 N–H and O–H groups in total. The Hall–Kier alpha value is -3.69. The number of primary sulfonamides is 1. The molecule has 0 saturated heterocycles. The molecule has 1 heterocycles. The van der Waals surface area contributed by atoms with Crippen molar-refractivity contribution in [2.24, 2.45) is 5.14 Å². The molecular weight excluding hydrogens is 404 g/mol. The first kappa shape index (κ1) is 19.6. The highest BCUT2D eigenvalue weighted by atomic mass is 32.2. The largest absolute Gasteiger partial charge is 0.507 e. The number of nitrogens with two attached hydrogens (primary N) is 1. The third-order valence-electron chi connectivity index (χ3n) is 4.51. The van der Waals surface area contributed by atoms with Crippen LogP contribution in [0.4, 0.5) is 0 Å². The van der Waals surface area contributed by atoms with Crippen LogP contribution in [0.5, 0.6) is 11.5 Å². The Labute approximate surface area is 173 Å². The first-order valence-electron chi connectivity index (χ1n) is 8.90. The van der Waals surface area contributed by atoms with Gasteiger partial charge in [0.05, 0.1) is 23.3 Å². The lowest BCUT2D eigenvalue weighted by Gasteiger charge is -2.08. The van der Waals surface area contributed by atoms with E-state index in [1.54, 1.807) is 60.3 Å². The van der Waals surface area contributed by atoms with Crippen molar-refractivity contribution in [3.8, 4) is 40.0 Å². The van der Waals surface area contributed by atoms with Crippen molar-refractivity contribution in [3.05, 3.63) is 72.8 Å². The monoisotopic (exact) mass is 422 g/mol. The van der Waals surface area contributed by atoms with Gasteiger partial charge in [0.15, 0.2) is 11.6 Å². The fraction of sp³-hybridized carbons (Fsp3) is 0.0476. The molecule has 30 heavy (non-hydrogen) atoms. The summed E-state index contributed by atoms with van der Waals surface area (Å²) in [5.41, 5.74) is 1.81. The molecule has 3 aromatic carbocycles. The van der Waals surface area contributed by atoms with Gasteiger partial charge in [-0.3, -0.25) is 0 Å². The molecule has 0 aliphatic rings. The predicted molar refractivity (Wildman–Crippen MR) is 112 cm³/mol.